The highest BCUT2D eigenvalue weighted by Crippen LogP contribution is 2.21. The van der Waals surface area contributed by atoms with Crippen LogP contribution in [0.2, 0.25) is 0 Å². The smallest absolute Gasteiger partial charge is 0.254 e. The molecule has 6 nitrogen and oxygen atoms in total. The van der Waals surface area contributed by atoms with Crippen LogP contribution in [0.4, 0.5) is 5.69 Å². The lowest BCUT2D eigenvalue weighted by Gasteiger charge is -2.24. The third kappa shape index (κ3) is 3.57. The predicted molar refractivity (Wildman–Crippen MR) is 86.7 cm³/mol. The van der Waals surface area contributed by atoms with Crippen molar-refractivity contribution in [1.29, 1.82) is 0 Å². The van der Waals surface area contributed by atoms with Crippen LogP contribution < -0.4 is 16.4 Å². The zero-order valence-corrected chi connectivity index (χ0v) is 13.3. The van der Waals surface area contributed by atoms with E-state index in [-0.39, 0.29) is 23.9 Å². The number of rotatable bonds is 4. The molecule has 2 atom stereocenters. The van der Waals surface area contributed by atoms with E-state index >= 15 is 0 Å². The molecule has 0 aliphatic carbocycles. The Kier molecular flexibility index (Phi) is 5.03. The fourth-order valence-electron chi connectivity index (χ4n) is 2.67. The summed E-state index contributed by atoms with van der Waals surface area (Å²) < 4.78 is 0. The first-order valence-electron chi connectivity index (χ1n) is 7.57. The lowest BCUT2D eigenvalue weighted by molar-refractivity contribution is -0.125. The van der Waals surface area contributed by atoms with Crippen LogP contribution in [0.15, 0.2) is 24.3 Å². The molecule has 0 aromatic heterocycles. The van der Waals surface area contributed by atoms with Gasteiger partial charge in [-0.3, -0.25) is 9.59 Å². The Balaban J connectivity index is 2.16. The number of carbonyl (C=O) groups excluding carboxylic acids is 2. The Hall–Kier alpha value is -2.08. The van der Waals surface area contributed by atoms with Crippen LogP contribution in [0.1, 0.15) is 30.6 Å². The van der Waals surface area contributed by atoms with E-state index in [1.54, 1.807) is 17.0 Å². The molecule has 2 amide bonds. The number of anilines is 1. The van der Waals surface area contributed by atoms with Gasteiger partial charge in [0, 0.05) is 36.9 Å². The number of carbonyl (C=O) groups is 2. The summed E-state index contributed by atoms with van der Waals surface area (Å²) in [6, 6.07) is 6.58. The molecule has 22 heavy (non-hydrogen) atoms. The van der Waals surface area contributed by atoms with Crippen LogP contribution in [-0.2, 0) is 4.79 Å². The van der Waals surface area contributed by atoms with E-state index in [9.17, 15) is 9.59 Å². The maximum Gasteiger partial charge on any atom is 0.254 e. The van der Waals surface area contributed by atoms with Crippen molar-refractivity contribution < 1.29 is 9.59 Å². The van der Waals surface area contributed by atoms with Crippen LogP contribution in [0.25, 0.3) is 0 Å². The maximum absolute atomic E-state index is 12.7. The van der Waals surface area contributed by atoms with E-state index in [0.29, 0.717) is 18.5 Å². The molecule has 1 aliphatic rings. The van der Waals surface area contributed by atoms with Gasteiger partial charge in [-0.25, -0.2) is 0 Å². The minimum Gasteiger partial charge on any atom is -0.388 e. The van der Waals surface area contributed by atoms with Gasteiger partial charge in [0.05, 0.1) is 0 Å². The molecular weight excluding hydrogens is 280 g/mol. The molecule has 1 aliphatic heterocycles. The third-order valence-corrected chi connectivity index (χ3v) is 3.75. The van der Waals surface area contributed by atoms with Gasteiger partial charge in [0.1, 0.15) is 6.04 Å². The van der Waals surface area contributed by atoms with E-state index < -0.39 is 6.04 Å². The van der Waals surface area contributed by atoms with Crippen LogP contribution in [0.5, 0.6) is 0 Å². The summed E-state index contributed by atoms with van der Waals surface area (Å²) in [7, 11) is 1.82. The second-order valence-corrected chi connectivity index (χ2v) is 5.96. The van der Waals surface area contributed by atoms with Crippen molar-refractivity contribution in [1.82, 2.24) is 10.2 Å². The lowest BCUT2D eigenvalue weighted by atomic mass is 10.1. The van der Waals surface area contributed by atoms with Crippen molar-refractivity contribution in [3.63, 3.8) is 0 Å². The highest BCUT2D eigenvalue weighted by molar-refractivity contribution is 5.98. The van der Waals surface area contributed by atoms with Crippen molar-refractivity contribution in [3.8, 4) is 0 Å². The maximum atomic E-state index is 12.7. The standard InChI is InChI=1S/C16H24N4O2/c1-10(2)19-15(21)14-8-12(17)9-20(14)16(22)11-4-6-13(18-3)7-5-11/h4-7,10,12,14,18H,8-9,17H2,1-3H3,(H,19,21). The molecule has 4 N–H and O–H groups in total. The van der Waals surface area contributed by atoms with Crippen LogP contribution in [0.3, 0.4) is 0 Å². The zero-order valence-electron chi connectivity index (χ0n) is 13.3. The van der Waals surface area contributed by atoms with Gasteiger partial charge in [-0.1, -0.05) is 0 Å². The first-order chi connectivity index (χ1) is 10.4. The normalized spacial score (nSPS) is 21.0. The Morgan fingerprint density at radius 3 is 2.45 bits per heavy atom. The quantitative estimate of drug-likeness (QED) is 0.767. The van der Waals surface area contributed by atoms with Crippen molar-refractivity contribution >= 4 is 17.5 Å². The number of amides is 2. The molecule has 1 fully saturated rings. The minimum absolute atomic E-state index is 0.0381. The Labute approximate surface area is 131 Å². The van der Waals surface area contributed by atoms with E-state index in [0.717, 1.165) is 5.69 Å². The van der Waals surface area contributed by atoms with Crippen LogP contribution >= 0.6 is 0 Å². The van der Waals surface area contributed by atoms with Gasteiger partial charge in [-0.05, 0) is 44.5 Å². The van der Waals surface area contributed by atoms with Gasteiger partial charge >= 0.3 is 0 Å². The van der Waals surface area contributed by atoms with Crippen molar-refractivity contribution in [3.05, 3.63) is 29.8 Å². The SMILES string of the molecule is CNc1ccc(C(=O)N2CC(N)CC2C(=O)NC(C)C)cc1. The van der Waals surface area contributed by atoms with E-state index in [1.807, 2.05) is 33.0 Å². The van der Waals surface area contributed by atoms with Gasteiger partial charge < -0.3 is 21.3 Å². The summed E-state index contributed by atoms with van der Waals surface area (Å²) in [6.45, 7) is 4.20. The number of likely N-dealkylation sites (tertiary alicyclic amines) is 1. The summed E-state index contributed by atoms with van der Waals surface area (Å²) in [4.78, 5) is 26.5. The second kappa shape index (κ2) is 6.79. The summed E-state index contributed by atoms with van der Waals surface area (Å²) in [5.74, 6) is -0.289. The van der Waals surface area contributed by atoms with Crippen molar-refractivity contribution in [2.24, 2.45) is 5.73 Å². The number of nitrogens with one attached hydrogen (secondary N) is 2. The largest absolute Gasteiger partial charge is 0.388 e. The second-order valence-electron chi connectivity index (χ2n) is 5.96. The van der Waals surface area contributed by atoms with E-state index in [4.69, 9.17) is 5.73 Å². The van der Waals surface area contributed by atoms with Crippen LogP contribution in [0, 0.1) is 0 Å². The van der Waals surface area contributed by atoms with E-state index in [1.165, 1.54) is 0 Å². The summed E-state index contributed by atoms with van der Waals surface area (Å²) in [6.07, 6.45) is 0.499. The Bertz CT molecular complexity index is 542. The van der Waals surface area contributed by atoms with Crippen molar-refractivity contribution in [2.75, 3.05) is 18.9 Å². The number of nitrogens with zero attached hydrogens (tertiary/aromatic N) is 1. The molecule has 0 saturated carbocycles. The fraction of sp³-hybridized carbons (Fsp3) is 0.500. The number of benzene rings is 1. The number of hydrogen-bond acceptors (Lipinski definition) is 4. The third-order valence-electron chi connectivity index (χ3n) is 3.75. The molecule has 1 aromatic carbocycles. The van der Waals surface area contributed by atoms with Gasteiger partial charge in [0.25, 0.3) is 5.91 Å². The minimum atomic E-state index is -0.492. The first-order valence-corrected chi connectivity index (χ1v) is 7.57. The highest BCUT2D eigenvalue weighted by Gasteiger charge is 2.38. The average Bonchev–Trinajstić information content (AvgIpc) is 2.88. The average molecular weight is 304 g/mol. The topological polar surface area (TPSA) is 87.5 Å². The first kappa shape index (κ1) is 16.3. The number of nitrogens with two attached hydrogens (primary N) is 1. The fourth-order valence-corrected chi connectivity index (χ4v) is 2.67. The summed E-state index contributed by atoms with van der Waals surface area (Å²) in [5, 5.41) is 5.87. The number of hydrogen-bond donors (Lipinski definition) is 3. The molecular formula is C16H24N4O2. The van der Waals surface area contributed by atoms with Crippen LogP contribution in [-0.4, -0.2) is 48.4 Å². The molecule has 1 heterocycles. The summed E-state index contributed by atoms with van der Waals surface area (Å²) in [5.41, 5.74) is 7.46. The molecule has 2 unspecified atom stereocenters. The molecule has 0 spiro atoms. The molecule has 1 saturated heterocycles. The van der Waals surface area contributed by atoms with Gasteiger partial charge in [0.15, 0.2) is 0 Å². The molecule has 0 bridgehead atoms. The Morgan fingerprint density at radius 1 is 1.27 bits per heavy atom. The molecule has 0 radical (unpaired) electrons. The summed E-state index contributed by atoms with van der Waals surface area (Å²) >= 11 is 0. The van der Waals surface area contributed by atoms with Gasteiger partial charge in [-0.2, -0.15) is 0 Å². The Morgan fingerprint density at radius 2 is 1.91 bits per heavy atom. The molecule has 2 rings (SSSR count). The zero-order chi connectivity index (χ0) is 16.3. The van der Waals surface area contributed by atoms with Gasteiger partial charge in [0.2, 0.25) is 5.91 Å². The highest BCUT2D eigenvalue weighted by atomic mass is 16.2. The molecule has 6 heteroatoms. The van der Waals surface area contributed by atoms with Crippen molar-refractivity contribution in [2.45, 2.75) is 38.4 Å². The molecule has 1 aromatic rings. The lowest BCUT2D eigenvalue weighted by Crippen LogP contribution is -2.47. The molecule has 120 valence electrons. The van der Waals surface area contributed by atoms with Gasteiger partial charge in [-0.15, -0.1) is 0 Å². The monoisotopic (exact) mass is 304 g/mol. The van der Waals surface area contributed by atoms with E-state index in [2.05, 4.69) is 10.6 Å². The predicted octanol–water partition coefficient (Wildman–Crippen LogP) is 0.795.